The first-order chi connectivity index (χ1) is 8.54. The van der Waals surface area contributed by atoms with Gasteiger partial charge in [0, 0.05) is 5.41 Å². The van der Waals surface area contributed by atoms with Gasteiger partial charge in [0.1, 0.15) is 5.17 Å². The molecule has 0 aromatic heterocycles. The molecule has 102 valence electrons. The Morgan fingerprint density at radius 2 is 2.11 bits per heavy atom. The summed E-state index contributed by atoms with van der Waals surface area (Å²) >= 11 is 6.08. The van der Waals surface area contributed by atoms with E-state index in [2.05, 4.69) is 31.8 Å². The molecule has 0 amide bonds. The molecule has 0 aromatic carbocycles. The molecule has 1 aliphatic heterocycles. The summed E-state index contributed by atoms with van der Waals surface area (Å²) in [4.78, 5) is 0. The van der Waals surface area contributed by atoms with Gasteiger partial charge in [-0.2, -0.15) is 0 Å². The standard InChI is InChI=1S/C15H25ClN2/c1-4-12(3)10-13(5-2)11-15(14(16)17)6-8-18-9-7-15/h5,10,12,17-18H,2,4,6-9,11H2,1,3H3/b13-10+,17-14?. The van der Waals surface area contributed by atoms with Crippen LogP contribution in [0.2, 0.25) is 0 Å². The molecule has 3 heteroatoms. The van der Waals surface area contributed by atoms with Crippen LogP contribution in [0.5, 0.6) is 0 Å². The molecule has 0 bridgehead atoms. The van der Waals surface area contributed by atoms with Gasteiger partial charge in [-0.25, -0.2) is 0 Å². The normalized spacial score (nSPS) is 21.4. The van der Waals surface area contributed by atoms with Gasteiger partial charge >= 0.3 is 0 Å². The van der Waals surface area contributed by atoms with E-state index < -0.39 is 0 Å². The minimum Gasteiger partial charge on any atom is -0.317 e. The maximum atomic E-state index is 7.91. The van der Waals surface area contributed by atoms with Gasteiger partial charge in [-0.15, -0.1) is 0 Å². The zero-order valence-electron chi connectivity index (χ0n) is 11.6. The summed E-state index contributed by atoms with van der Waals surface area (Å²) in [5.41, 5.74) is 1.07. The summed E-state index contributed by atoms with van der Waals surface area (Å²) in [6, 6.07) is 0. The molecule has 1 aliphatic rings. The fourth-order valence-corrected chi connectivity index (χ4v) is 2.71. The highest BCUT2D eigenvalue weighted by Crippen LogP contribution is 2.38. The van der Waals surface area contributed by atoms with Gasteiger partial charge < -0.3 is 5.32 Å². The van der Waals surface area contributed by atoms with Crippen LogP contribution in [-0.4, -0.2) is 18.3 Å². The van der Waals surface area contributed by atoms with Crippen molar-refractivity contribution in [1.82, 2.24) is 5.32 Å². The summed E-state index contributed by atoms with van der Waals surface area (Å²) in [7, 11) is 0. The van der Waals surface area contributed by atoms with Crippen LogP contribution in [0.25, 0.3) is 0 Å². The van der Waals surface area contributed by atoms with E-state index in [-0.39, 0.29) is 5.41 Å². The highest BCUT2D eigenvalue weighted by Gasteiger charge is 2.36. The Morgan fingerprint density at radius 3 is 2.56 bits per heavy atom. The van der Waals surface area contributed by atoms with Crippen LogP contribution in [0.3, 0.4) is 0 Å². The Labute approximate surface area is 116 Å². The van der Waals surface area contributed by atoms with Gasteiger partial charge in [0.15, 0.2) is 0 Å². The third-order valence-electron chi connectivity index (χ3n) is 3.97. The molecule has 0 spiro atoms. The Kier molecular flexibility index (Phi) is 6.10. The smallest absolute Gasteiger partial charge is 0.104 e. The van der Waals surface area contributed by atoms with Crippen molar-refractivity contribution in [3.8, 4) is 0 Å². The van der Waals surface area contributed by atoms with Crippen LogP contribution in [0.15, 0.2) is 24.3 Å². The summed E-state index contributed by atoms with van der Waals surface area (Å²) in [5, 5.41) is 11.6. The third kappa shape index (κ3) is 3.96. The quantitative estimate of drug-likeness (QED) is 0.552. The molecule has 0 aliphatic carbocycles. The number of hydrogen-bond acceptors (Lipinski definition) is 2. The molecular formula is C15H25ClN2. The number of hydrogen-bond donors (Lipinski definition) is 2. The second-order valence-electron chi connectivity index (χ2n) is 5.35. The lowest BCUT2D eigenvalue weighted by atomic mass is 9.74. The average molecular weight is 269 g/mol. The Balaban J connectivity index is 2.84. The third-order valence-corrected chi connectivity index (χ3v) is 4.37. The number of rotatable bonds is 6. The predicted octanol–water partition coefficient (Wildman–Crippen LogP) is 4.12. The van der Waals surface area contributed by atoms with Crippen molar-refractivity contribution < 1.29 is 0 Å². The zero-order valence-corrected chi connectivity index (χ0v) is 12.3. The lowest BCUT2D eigenvalue weighted by Gasteiger charge is -2.36. The second-order valence-corrected chi connectivity index (χ2v) is 5.73. The maximum absolute atomic E-state index is 7.91. The fourth-order valence-electron chi connectivity index (χ4n) is 2.45. The summed E-state index contributed by atoms with van der Waals surface area (Å²) in [5.74, 6) is 0.557. The van der Waals surface area contributed by atoms with Crippen molar-refractivity contribution in [2.75, 3.05) is 13.1 Å². The van der Waals surface area contributed by atoms with Crippen molar-refractivity contribution in [3.05, 3.63) is 24.3 Å². The minimum atomic E-state index is -0.166. The Hall–Kier alpha value is -0.600. The fraction of sp³-hybridized carbons (Fsp3) is 0.667. The van der Waals surface area contributed by atoms with Crippen LogP contribution in [0, 0.1) is 16.7 Å². The van der Waals surface area contributed by atoms with Crippen LogP contribution in [0.4, 0.5) is 0 Å². The van der Waals surface area contributed by atoms with E-state index in [0.717, 1.165) is 38.8 Å². The lowest BCUT2D eigenvalue weighted by molar-refractivity contribution is 0.300. The van der Waals surface area contributed by atoms with E-state index in [0.29, 0.717) is 11.1 Å². The van der Waals surface area contributed by atoms with Gasteiger partial charge in [0.25, 0.3) is 0 Å². The molecule has 0 aromatic rings. The highest BCUT2D eigenvalue weighted by atomic mass is 35.5. The van der Waals surface area contributed by atoms with Crippen molar-refractivity contribution in [2.24, 2.45) is 11.3 Å². The molecule has 1 rings (SSSR count). The molecule has 0 saturated carbocycles. The van der Waals surface area contributed by atoms with Gasteiger partial charge in [0.2, 0.25) is 0 Å². The molecule has 0 radical (unpaired) electrons. The van der Waals surface area contributed by atoms with E-state index in [1.54, 1.807) is 0 Å². The Morgan fingerprint density at radius 1 is 1.50 bits per heavy atom. The molecule has 1 unspecified atom stereocenters. The first-order valence-corrected chi connectivity index (χ1v) is 7.20. The molecule has 1 atom stereocenters. The number of allylic oxidation sites excluding steroid dienone is 3. The van der Waals surface area contributed by atoms with E-state index in [4.69, 9.17) is 17.0 Å². The first-order valence-electron chi connectivity index (χ1n) is 6.82. The highest BCUT2D eigenvalue weighted by molar-refractivity contribution is 6.65. The van der Waals surface area contributed by atoms with Crippen molar-refractivity contribution in [1.29, 1.82) is 5.41 Å². The number of piperidine rings is 1. The van der Waals surface area contributed by atoms with E-state index in [1.807, 2.05) is 6.08 Å². The monoisotopic (exact) mass is 268 g/mol. The summed E-state index contributed by atoms with van der Waals surface area (Å²) in [6.45, 7) is 10.2. The van der Waals surface area contributed by atoms with E-state index in [1.165, 1.54) is 5.57 Å². The van der Waals surface area contributed by atoms with Gasteiger partial charge in [-0.05, 0) is 38.3 Å². The van der Waals surface area contributed by atoms with Gasteiger partial charge in [0.05, 0.1) is 0 Å². The van der Waals surface area contributed by atoms with Crippen LogP contribution >= 0.6 is 11.6 Å². The molecule has 1 fully saturated rings. The van der Waals surface area contributed by atoms with Crippen LogP contribution < -0.4 is 5.32 Å². The molecular weight excluding hydrogens is 244 g/mol. The zero-order chi connectivity index (χ0) is 13.6. The second kappa shape index (κ2) is 7.10. The number of halogens is 1. The summed E-state index contributed by atoms with van der Waals surface area (Å²) < 4.78 is 0. The molecule has 1 heterocycles. The average Bonchev–Trinajstić information content (AvgIpc) is 2.38. The lowest BCUT2D eigenvalue weighted by Crippen LogP contribution is -2.40. The van der Waals surface area contributed by atoms with E-state index in [9.17, 15) is 0 Å². The topological polar surface area (TPSA) is 35.9 Å². The molecule has 2 N–H and O–H groups in total. The Bertz CT molecular complexity index is 327. The largest absolute Gasteiger partial charge is 0.317 e. The summed E-state index contributed by atoms with van der Waals surface area (Å²) in [6.07, 6.45) is 8.07. The maximum Gasteiger partial charge on any atom is 0.104 e. The molecule has 18 heavy (non-hydrogen) atoms. The van der Waals surface area contributed by atoms with E-state index >= 15 is 0 Å². The molecule has 2 nitrogen and oxygen atoms in total. The van der Waals surface area contributed by atoms with Crippen LogP contribution in [0.1, 0.15) is 39.5 Å². The van der Waals surface area contributed by atoms with Crippen molar-refractivity contribution in [3.63, 3.8) is 0 Å². The van der Waals surface area contributed by atoms with Gasteiger partial charge in [-0.3, -0.25) is 5.41 Å². The number of nitrogens with one attached hydrogen (secondary N) is 2. The predicted molar refractivity (Wildman–Crippen MR) is 80.5 cm³/mol. The van der Waals surface area contributed by atoms with Crippen molar-refractivity contribution >= 4 is 16.8 Å². The molecule has 1 saturated heterocycles. The minimum absolute atomic E-state index is 0.166. The van der Waals surface area contributed by atoms with Crippen molar-refractivity contribution in [2.45, 2.75) is 39.5 Å². The SMILES string of the molecule is C=C/C(=C\C(C)CC)CC1(C(=N)Cl)CCNCC1. The van der Waals surface area contributed by atoms with Gasteiger partial charge in [-0.1, -0.05) is 56.2 Å². The first kappa shape index (κ1) is 15.5. The van der Waals surface area contributed by atoms with Crippen LogP contribution in [-0.2, 0) is 0 Å².